The molecule has 1 saturated heterocycles. The van der Waals surface area contributed by atoms with Crippen LogP contribution in [0.4, 0.5) is 5.69 Å². The van der Waals surface area contributed by atoms with Gasteiger partial charge >= 0.3 is 0 Å². The van der Waals surface area contributed by atoms with Crippen LogP contribution in [0.5, 0.6) is 5.75 Å². The minimum absolute atomic E-state index is 0.0986. The van der Waals surface area contributed by atoms with Gasteiger partial charge in [-0.25, -0.2) is 5.01 Å². The van der Waals surface area contributed by atoms with E-state index in [2.05, 4.69) is 5.43 Å². The lowest BCUT2D eigenvalue weighted by Gasteiger charge is -2.15. The third kappa shape index (κ3) is 2.88. The molecule has 0 atom stereocenters. The molecule has 0 radical (unpaired) electrons. The maximum atomic E-state index is 12.6. The quantitative estimate of drug-likeness (QED) is 0.698. The average molecular weight is 322 g/mol. The van der Waals surface area contributed by atoms with Gasteiger partial charge in [0.25, 0.3) is 11.8 Å². The molecule has 1 aliphatic heterocycles. The van der Waals surface area contributed by atoms with Crippen LogP contribution in [0.2, 0.25) is 0 Å². The standard InChI is InChI=1S/C19H18N2O3/c1-12-7-8-15(9-13(12)2)21-19(23)17(18(22)20-21)11-14-5-4-6-16(10-14)24-3/h4-11H,1-3H3,(H,20,22)/b17-11-. The molecule has 5 heteroatoms. The van der Waals surface area contributed by atoms with Crippen molar-refractivity contribution < 1.29 is 14.3 Å². The van der Waals surface area contributed by atoms with Crippen molar-refractivity contribution in [2.75, 3.05) is 12.1 Å². The summed E-state index contributed by atoms with van der Waals surface area (Å²) in [6.07, 6.45) is 1.57. The number of benzene rings is 2. The molecule has 3 rings (SSSR count). The molecular weight excluding hydrogens is 304 g/mol. The van der Waals surface area contributed by atoms with Crippen LogP contribution in [0.3, 0.4) is 0 Å². The van der Waals surface area contributed by atoms with Crippen LogP contribution in [0.1, 0.15) is 16.7 Å². The molecule has 2 aromatic carbocycles. The summed E-state index contributed by atoms with van der Waals surface area (Å²) in [4.78, 5) is 24.8. The van der Waals surface area contributed by atoms with Crippen LogP contribution in [0.25, 0.3) is 6.08 Å². The molecule has 0 aliphatic carbocycles. The predicted molar refractivity (Wildman–Crippen MR) is 92.5 cm³/mol. The molecule has 1 aliphatic rings. The Morgan fingerprint density at radius 2 is 1.83 bits per heavy atom. The van der Waals surface area contributed by atoms with Crippen LogP contribution in [0, 0.1) is 13.8 Å². The average Bonchev–Trinajstić information content (AvgIpc) is 2.86. The second-order valence-electron chi connectivity index (χ2n) is 5.68. The van der Waals surface area contributed by atoms with Crippen molar-refractivity contribution in [1.29, 1.82) is 0 Å². The molecule has 0 saturated carbocycles. The molecule has 0 aromatic heterocycles. The highest BCUT2D eigenvalue weighted by atomic mass is 16.5. The van der Waals surface area contributed by atoms with Crippen LogP contribution in [-0.2, 0) is 9.59 Å². The minimum Gasteiger partial charge on any atom is -0.497 e. The topological polar surface area (TPSA) is 58.6 Å². The SMILES string of the molecule is COc1cccc(/C=C2/C(=O)NN(c3ccc(C)c(C)c3)C2=O)c1. The Balaban J connectivity index is 1.93. The van der Waals surface area contributed by atoms with Gasteiger partial charge in [0.2, 0.25) is 0 Å². The van der Waals surface area contributed by atoms with E-state index in [4.69, 9.17) is 4.74 Å². The largest absolute Gasteiger partial charge is 0.497 e. The number of rotatable bonds is 3. The van der Waals surface area contributed by atoms with E-state index >= 15 is 0 Å². The Morgan fingerprint density at radius 3 is 2.54 bits per heavy atom. The number of carbonyl (C=O) groups excluding carboxylic acids is 2. The first-order valence-corrected chi connectivity index (χ1v) is 7.58. The summed E-state index contributed by atoms with van der Waals surface area (Å²) in [5.41, 5.74) is 6.27. The van der Waals surface area contributed by atoms with Crippen molar-refractivity contribution in [1.82, 2.24) is 5.43 Å². The van der Waals surface area contributed by atoms with Gasteiger partial charge in [0, 0.05) is 0 Å². The summed E-state index contributed by atoms with van der Waals surface area (Å²) in [5, 5.41) is 1.28. The predicted octanol–water partition coefficient (Wildman–Crippen LogP) is 2.77. The lowest BCUT2D eigenvalue weighted by atomic mass is 10.1. The number of nitrogens with zero attached hydrogens (tertiary/aromatic N) is 1. The van der Waals surface area contributed by atoms with E-state index in [9.17, 15) is 9.59 Å². The van der Waals surface area contributed by atoms with Crippen molar-refractivity contribution in [2.45, 2.75) is 13.8 Å². The first kappa shape index (κ1) is 15.8. The van der Waals surface area contributed by atoms with Crippen molar-refractivity contribution in [3.8, 4) is 5.75 Å². The summed E-state index contributed by atoms with van der Waals surface area (Å²) in [6, 6.07) is 12.8. The molecule has 2 aromatic rings. The highest BCUT2D eigenvalue weighted by Crippen LogP contribution is 2.24. The molecule has 122 valence electrons. The van der Waals surface area contributed by atoms with Crippen molar-refractivity contribution in [3.63, 3.8) is 0 Å². The fourth-order valence-electron chi connectivity index (χ4n) is 2.50. The van der Waals surface area contributed by atoms with E-state index in [0.717, 1.165) is 16.7 Å². The highest BCUT2D eigenvalue weighted by Gasteiger charge is 2.34. The van der Waals surface area contributed by atoms with E-state index in [1.54, 1.807) is 25.3 Å². The third-order valence-corrected chi connectivity index (χ3v) is 4.04. The number of nitrogens with one attached hydrogen (secondary N) is 1. The molecular formula is C19H18N2O3. The van der Waals surface area contributed by atoms with Gasteiger partial charge in [0.15, 0.2) is 0 Å². The fraction of sp³-hybridized carbons (Fsp3) is 0.158. The monoisotopic (exact) mass is 322 g/mol. The van der Waals surface area contributed by atoms with Crippen LogP contribution < -0.4 is 15.2 Å². The smallest absolute Gasteiger partial charge is 0.282 e. The zero-order valence-corrected chi connectivity index (χ0v) is 13.8. The number of amides is 2. The van der Waals surface area contributed by atoms with Crippen LogP contribution >= 0.6 is 0 Å². The maximum absolute atomic E-state index is 12.6. The van der Waals surface area contributed by atoms with Gasteiger partial charge in [-0.05, 0) is 60.9 Å². The molecule has 0 bridgehead atoms. The Bertz CT molecular complexity index is 855. The summed E-state index contributed by atoms with van der Waals surface area (Å²) < 4.78 is 5.16. The van der Waals surface area contributed by atoms with Crippen molar-refractivity contribution in [2.24, 2.45) is 0 Å². The molecule has 1 fully saturated rings. The van der Waals surface area contributed by atoms with Crippen LogP contribution in [0.15, 0.2) is 48.0 Å². The Hall–Kier alpha value is -3.08. The lowest BCUT2D eigenvalue weighted by molar-refractivity contribution is -0.117. The maximum Gasteiger partial charge on any atom is 0.282 e. The number of aryl methyl sites for hydroxylation is 2. The lowest BCUT2D eigenvalue weighted by Crippen LogP contribution is -2.35. The van der Waals surface area contributed by atoms with Gasteiger partial charge in [-0.1, -0.05) is 18.2 Å². The van der Waals surface area contributed by atoms with Gasteiger partial charge in [-0.3, -0.25) is 15.0 Å². The Labute approximate surface area is 140 Å². The molecule has 2 amide bonds. The number of ether oxygens (including phenoxy) is 1. The molecule has 0 spiro atoms. The normalized spacial score (nSPS) is 15.8. The van der Waals surface area contributed by atoms with Crippen molar-refractivity contribution >= 4 is 23.6 Å². The van der Waals surface area contributed by atoms with E-state index in [0.29, 0.717) is 11.4 Å². The summed E-state index contributed by atoms with van der Waals surface area (Å²) in [6.45, 7) is 3.96. The second-order valence-corrected chi connectivity index (χ2v) is 5.68. The molecule has 1 heterocycles. The third-order valence-electron chi connectivity index (χ3n) is 4.04. The zero-order chi connectivity index (χ0) is 17.3. The number of hydrogen-bond acceptors (Lipinski definition) is 3. The molecule has 1 N–H and O–H groups in total. The number of carbonyl (C=O) groups is 2. The van der Waals surface area contributed by atoms with E-state index in [-0.39, 0.29) is 11.5 Å². The Kier molecular flexibility index (Phi) is 4.08. The minimum atomic E-state index is -0.416. The number of hydrazine groups is 1. The number of anilines is 1. The van der Waals surface area contributed by atoms with Gasteiger partial charge in [-0.15, -0.1) is 0 Å². The van der Waals surface area contributed by atoms with Gasteiger partial charge in [0.1, 0.15) is 11.3 Å². The number of methoxy groups -OCH3 is 1. The Morgan fingerprint density at radius 1 is 1.04 bits per heavy atom. The first-order valence-electron chi connectivity index (χ1n) is 7.58. The van der Waals surface area contributed by atoms with Gasteiger partial charge in [0.05, 0.1) is 12.8 Å². The highest BCUT2D eigenvalue weighted by molar-refractivity contribution is 6.31. The number of hydrogen-bond donors (Lipinski definition) is 1. The van der Waals surface area contributed by atoms with Gasteiger partial charge in [-0.2, -0.15) is 0 Å². The molecule has 5 nitrogen and oxygen atoms in total. The molecule has 24 heavy (non-hydrogen) atoms. The van der Waals surface area contributed by atoms with Crippen LogP contribution in [-0.4, -0.2) is 18.9 Å². The summed E-state index contributed by atoms with van der Waals surface area (Å²) in [5.74, 6) is -0.117. The van der Waals surface area contributed by atoms with E-state index in [1.165, 1.54) is 5.01 Å². The first-order chi connectivity index (χ1) is 11.5. The zero-order valence-electron chi connectivity index (χ0n) is 13.8. The van der Waals surface area contributed by atoms with Crippen molar-refractivity contribution in [3.05, 3.63) is 64.7 Å². The summed E-state index contributed by atoms with van der Waals surface area (Å²) >= 11 is 0. The van der Waals surface area contributed by atoms with E-state index < -0.39 is 5.91 Å². The summed E-state index contributed by atoms with van der Waals surface area (Å²) in [7, 11) is 1.57. The van der Waals surface area contributed by atoms with E-state index in [1.807, 2.05) is 44.2 Å². The fourth-order valence-corrected chi connectivity index (χ4v) is 2.50. The molecule has 0 unspecified atom stereocenters. The second kappa shape index (κ2) is 6.20. The van der Waals surface area contributed by atoms with Gasteiger partial charge < -0.3 is 4.74 Å².